The lowest BCUT2D eigenvalue weighted by Gasteiger charge is -2.42. The van der Waals surface area contributed by atoms with E-state index in [0.717, 1.165) is 72.7 Å². The summed E-state index contributed by atoms with van der Waals surface area (Å²) in [6.45, 7) is 6.12. The van der Waals surface area contributed by atoms with E-state index in [0.29, 0.717) is 57.7 Å². The Hall–Kier alpha value is -3.45. The summed E-state index contributed by atoms with van der Waals surface area (Å²) in [5.74, 6) is 0.575. The van der Waals surface area contributed by atoms with E-state index in [1.165, 1.54) is 13.1 Å². The monoisotopic (exact) mass is 563 g/mol. The van der Waals surface area contributed by atoms with Gasteiger partial charge in [-0.1, -0.05) is 12.1 Å². The lowest BCUT2D eigenvalue weighted by Crippen LogP contribution is -2.51. The number of ether oxygens (including phenoxy) is 1. The number of hydrogen-bond donors (Lipinski definition) is 0. The molecular formula is C31H39F2N7O. The Labute approximate surface area is 241 Å². The third kappa shape index (κ3) is 5.69. The van der Waals surface area contributed by atoms with Gasteiger partial charge in [0.1, 0.15) is 24.4 Å². The summed E-state index contributed by atoms with van der Waals surface area (Å²) >= 11 is 0. The van der Waals surface area contributed by atoms with Crippen LogP contribution in [0.5, 0.6) is 6.01 Å². The Kier molecular flexibility index (Phi) is 7.98. The molecule has 10 heteroatoms. The molecule has 2 saturated heterocycles. The van der Waals surface area contributed by atoms with E-state index in [2.05, 4.69) is 27.8 Å². The Morgan fingerprint density at radius 1 is 1.12 bits per heavy atom. The van der Waals surface area contributed by atoms with Crippen molar-refractivity contribution in [2.45, 2.75) is 70.2 Å². The van der Waals surface area contributed by atoms with Gasteiger partial charge < -0.3 is 24.3 Å². The average molecular weight is 564 g/mol. The van der Waals surface area contributed by atoms with Crippen LogP contribution in [0.1, 0.15) is 61.2 Å². The Morgan fingerprint density at radius 3 is 2.78 bits per heavy atom. The summed E-state index contributed by atoms with van der Waals surface area (Å²) in [4.78, 5) is 18.6. The number of piperazine rings is 1. The van der Waals surface area contributed by atoms with E-state index in [9.17, 15) is 14.0 Å². The molecule has 1 aromatic heterocycles. The van der Waals surface area contributed by atoms with Crippen molar-refractivity contribution in [3.05, 3.63) is 52.6 Å². The summed E-state index contributed by atoms with van der Waals surface area (Å²) in [5.41, 5.74) is 4.88. The Bertz CT molecular complexity index is 1340. The van der Waals surface area contributed by atoms with Crippen molar-refractivity contribution in [2.75, 3.05) is 56.2 Å². The van der Waals surface area contributed by atoms with Crippen LogP contribution in [-0.4, -0.2) is 78.2 Å². The molecule has 2 fully saturated rings. The van der Waals surface area contributed by atoms with Gasteiger partial charge in [-0.05, 0) is 64.3 Å². The normalized spacial score (nSPS) is 24.8. The maximum Gasteiger partial charge on any atom is 0.318 e. The summed E-state index contributed by atoms with van der Waals surface area (Å²) in [5, 5.41) is 9.49. The maximum atomic E-state index is 15.0. The third-order valence-electron chi connectivity index (χ3n) is 9.09. The quantitative estimate of drug-likeness (QED) is 0.480. The zero-order valence-electron chi connectivity index (χ0n) is 24.0. The number of aromatic nitrogens is 2. The van der Waals surface area contributed by atoms with E-state index < -0.39 is 6.17 Å². The van der Waals surface area contributed by atoms with Crippen LogP contribution in [0.15, 0.2) is 30.2 Å². The second-order valence-corrected chi connectivity index (χ2v) is 11.8. The van der Waals surface area contributed by atoms with E-state index in [-0.39, 0.29) is 11.9 Å². The molecule has 6 rings (SSSR count). The number of alkyl halides is 1. The number of anilines is 2. The van der Waals surface area contributed by atoms with Crippen LogP contribution in [0.2, 0.25) is 0 Å². The fourth-order valence-corrected chi connectivity index (χ4v) is 6.91. The predicted molar refractivity (Wildman–Crippen MR) is 154 cm³/mol. The fraction of sp³-hybridized carbons (Fsp3) is 0.581. The Morgan fingerprint density at radius 2 is 2.00 bits per heavy atom. The minimum absolute atomic E-state index is 0.143. The van der Waals surface area contributed by atoms with Crippen molar-refractivity contribution in [2.24, 2.45) is 0 Å². The first-order chi connectivity index (χ1) is 19.9. The van der Waals surface area contributed by atoms with Crippen LogP contribution >= 0.6 is 0 Å². The molecule has 4 aliphatic rings. The summed E-state index contributed by atoms with van der Waals surface area (Å²) in [6, 6.07) is 8.93. The number of fused-ring (bicyclic) bond motifs is 2. The van der Waals surface area contributed by atoms with E-state index in [1.54, 1.807) is 0 Å². The minimum atomic E-state index is -0.929. The summed E-state index contributed by atoms with van der Waals surface area (Å²) < 4.78 is 35.0. The summed E-state index contributed by atoms with van der Waals surface area (Å²) in [6.07, 6.45) is 5.17. The van der Waals surface area contributed by atoms with Gasteiger partial charge in [-0.15, -0.1) is 0 Å². The number of nitriles is 1. The van der Waals surface area contributed by atoms with Crippen molar-refractivity contribution < 1.29 is 13.5 Å². The SMILES string of the molecule is CC(F)=CN1CCN(c2nc(OC[C@@H]3CCCN3C)nc3c2CCN(c2cccc4c2[C@@H](F)CC4)C3)C[C@@H]1CC#N. The first kappa shape index (κ1) is 27.7. The number of benzene rings is 1. The van der Waals surface area contributed by atoms with Crippen LogP contribution in [0, 0.1) is 11.3 Å². The average Bonchev–Trinajstić information content (AvgIpc) is 3.56. The number of likely N-dealkylation sites (tertiary alicyclic amines) is 1. The number of likely N-dealkylation sites (N-methyl/N-ethyl adjacent to an activating group) is 1. The zero-order chi connectivity index (χ0) is 28.5. The molecule has 4 heterocycles. The number of allylic oxidation sites excluding steroid dienone is 1. The van der Waals surface area contributed by atoms with Gasteiger partial charge in [0.25, 0.3) is 0 Å². The highest BCUT2D eigenvalue weighted by atomic mass is 19.1. The van der Waals surface area contributed by atoms with Gasteiger partial charge in [-0.2, -0.15) is 15.2 Å². The molecule has 1 aromatic carbocycles. The Balaban J connectivity index is 1.31. The molecule has 0 spiro atoms. The third-order valence-corrected chi connectivity index (χ3v) is 9.09. The van der Waals surface area contributed by atoms with E-state index >= 15 is 0 Å². The molecule has 8 nitrogen and oxygen atoms in total. The maximum absolute atomic E-state index is 15.0. The lowest BCUT2D eigenvalue weighted by atomic mass is 10.0. The smallest absolute Gasteiger partial charge is 0.318 e. The van der Waals surface area contributed by atoms with Crippen molar-refractivity contribution in [3.63, 3.8) is 0 Å². The molecule has 0 unspecified atom stereocenters. The zero-order valence-corrected chi connectivity index (χ0v) is 24.0. The van der Waals surface area contributed by atoms with Gasteiger partial charge >= 0.3 is 6.01 Å². The molecule has 0 saturated carbocycles. The van der Waals surface area contributed by atoms with Crippen LogP contribution in [-0.2, 0) is 19.4 Å². The summed E-state index contributed by atoms with van der Waals surface area (Å²) in [7, 11) is 2.12. The molecule has 0 amide bonds. The molecule has 3 aliphatic heterocycles. The number of rotatable bonds is 7. The number of aryl methyl sites for hydroxylation is 1. The molecule has 0 radical (unpaired) electrons. The molecule has 218 valence electrons. The van der Waals surface area contributed by atoms with E-state index in [1.807, 2.05) is 23.1 Å². The van der Waals surface area contributed by atoms with E-state index in [4.69, 9.17) is 14.7 Å². The number of nitrogens with zero attached hydrogens (tertiary/aromatic N) is 7. The van der Waals surface area contributed by atoms with Gasteiger partial charge in [-0.3, -0.25) is 0 Å². The van der Waals surface area contributed by atoms with Gasteiger partial charge in [-0.25, -0.2) is 8.78 Å². The van der Waals surface area contributed by atoms with Crippen LogP contribution in [0.3, 0.4) is 0 Å². The molecule has 1 aliphatic carbocycles. The molecular weight excluding hydrogens is 524 g/mol. The van der Waals surface area contributed by atoms with Gasteiger partial charge in [0.05, 0.1) is 30.8 Å². The fourth-order valence-electron chi connectivity index (χ4n) is 6.91. The second-order valence-electron chi connectivity index (χ2n) is 11.8. The number of halogens is 2. The van der Waals surface area contributed by atoms with Crippen molar-refractivity contribution >= 4 is 11.5 Å². The first-order valence-corrected chi connectivity index (χ1v) is 14.9. The predicted octanol–water partition coefficient (Wildman–Crippen LogP) is 4.70. The molecule has 0 N–H and O–H groups in total. The highest BCUT2D eigenvalue weighted by molar-refractivity contribution is 5.62. The van der Waals surface area contributed by atoms with Crippen molar-refractivity contribution in [1.29, 1.82) is 5.26 Å². The van der Waals surface area contributed by atoms with Crippen molar-refractivity contribution in [3.8, 4) is 12.1 Å². The number of hydrogen-bond acceptors (Lipinski definition) is 8. The topological polar surface area (TPSA) is 71.8 Å². The standard InChI is InChI=1S/C31H39F2N7O/c1-21(32)17-38-15-16-40(18-23(38)10-12-34)30-25-11-14-39(28-7-3-5-22-8-9-26(33)29(22)28)19-27(25)35-31(36-30)41-20-24-6-4-13-37(24)2/h3,5,7,17,23-24,26H,4,6,8-11,13-16,18-20H2,1-2H3/t23-,24-,26-/m0/s1. The van der Waals surface area contributed by atoms with Gasteiger partial charge in [0, 0.05) is 55.2 Å². The molecule has 3 atom stereocenters. The highest BCUT2D eigenvalue weighted by Gasteiger charge is 2.33. The van der Waals surface area contributed by atoms with Gasteiger partial charge in [0.2, 0.25) is 0 Å². The van der Waals surface area contributed by atoms with Crippen LogP contribution in [0.4, 0.5) is 20.3 Å². The lowest BCUT2D eigenvalue weighted by molar-refractivity contribution is 0.187. The van der Waals surface area contributed by atoms with Crippen molar-refractivity contribution in [1.82, 2.24) is 19.8 Å². The molecule has 41 heavy (non-hydrogen) atoms. The molecule has 2 aromatic rings. The second kappa shape index (κ2) is 11.8. The first-order valence-electron chi connectivity index (χ1n) is 14.9. The van der Waals surface area contributed by atoms with Crippen LogP contribution < -0.4 is 14.5 Å². The molecule has 0 bridgehead atoms. The minimum Gasteiger partial charge on any atom is -0.462 e. The van der Waals surface area contributed by atoms with Crippen LogP contribution in [0.25, 0.3) is 0 Å². The largest absolute Gasteiger partial charge is 0.462 e. The highest BCUT2D eigenvalue weighted by Crippen LogP contribution is 2.42. The van der Waals surface area contributed by atoms with Gasteiger partial charge in [0.15, 0.2) is 0 Å².